The first-order valence-corrected chi connectivity index (χ1v) is 5.48. The molecule has 0 amide bonds. The van der Waals surface area contributed by atoms with Gasteiger partial charge in [-0.2, -0.15) is 0 Å². The summed E-state index contributed by atoms with van der Waals surface area (Å²) in [5.74, 6) is -0.515. The number of fused-ring (bicyclic) bond motifs is 1. The topological polar surface area (TPSA) is 115 Å². The lowest BCUT2D eigenvalue weighted by molar-refractivity contribution is -0.138. The number of nitrogens with one attached hydrogen (secondary N) is 1. The van der Waals surface area contributed by atoms with Crippen LogP contribution in [0.25, 0.3) is 11.2 Å². The first-order valence-electron chi connectivity index (χ1n) is 5.48. The van der Waals surface area contributed by atoms with E-state index in [9.17, 15) is 9.90 Å². The fourth-order valence-electron chi connectivity index (χ4n) is 2.25. The van der Waals surface area contributed by atoms with Crippen molar-refractivity contribution in [1.82, 2.24) is 19.9 Å². The zero-order valence-corrected chi connectivity index (χ0v) is 10.5. The van der Waals surface area contributed by atoms with Gasteiger partial charge < -0.3 is 20.1 Å². The van der Waals surface area contributed by atoms with Crippen molar-refractivity contribution in [2.45, 2.75) is 18.6 Å². The summed E-state index contributed by atoms with van der Waals surface area (Å²) in [5, 5.41) is 18.8. The number of rotatable bonds is 2. The Morgan fingerprint density at radius 2 is 2.21 bits per heavy atom. The van der Waals surface area contributed by atoms with Crippen molar-refractivity contribution in [1.29, 1.82) is 0 Å². The number of carbonyl (C=O) groups is 1. The lowest BCUT2D eigenvalue weighted by Crippen LogP contribution is -2.36. The van der Waals surface area contributed by atoms with Crippen LogP contribution in [-0.4, -0.2) is 54.8 Å². The molecular formula is C10H12ClN5O3. The fourth-order valence-corrected chi connectivity index (χ4v) is 2.25. The van der Waals surface area contributed by atoms with Gasteiger partial charge in [0.1, 0.15) is 17.9 Å². The Morgan fingerprint density at radius 3 is 2.95 bits per heavy atom. The molecule has 2 aromatic heterocycles. The Kier molecular flexibility index (Phi) is 3.54. The quantitative estimate of drug-likeness (QED) is 0.700. The van der Waals surface area contributed by atoms with E-state index in [2.05, 4.69) is 19.9 Å². The van der Waals surface area contributed by atoms with E-state index < -0.39 is 18.1 Å². The highest BCUT2D eigenvalue weighted by atomic mass is 35.5. The number of aromatic amines is 1. The van der Waals surface area contributed by atoms with E-state index in [0.717, 1.165) is 0 Å². The molecule has 9 heteroatoms. The van der Waals surface area contributed by atoms with Crippen molar-refractivity contribution in [3.63, 3.8) is 0 Å². The number of β-amino-alcohol motifs (C(OH)–C–C–N with tert-alkyl or cyclic N) is 1. The molecule has 0 aliphatic carbocycles. The highest BCUT2D eigenvalue weighted by molar-refractivity contribution is 5.87. The van der Waals surface area contributed by atoms with Crippen molar-refractivity contribution in [2.24, 2.45) is 0 Å². The molecule has 3 heterocycles. The molecule has 2 aromatic rings. The molecule has 3 N–H and O–H groups in total. The molecule has 1 saturated heterocycles. The second kappa shape index (κ2) is 4.98. The highest BCUT2D eigenvalue weighted by Gasteiger charge is 2.37. The van der Waals surface area contributed by atoms with Crippen LogP contribution in [0.5, 0.6) is 0 Å². The molecule has 0 radical (unpaired) electrons. The molecule has 0 aromatic carbocycles. The predicted molar refractivity (Wildman–Crippen MR) is 68.3 cm³/mol. The van der Waals surface area contributed by atoms with Crippen LogP contribution in [0.15, 0.2) is 12.7 Å². The van der Waals surface area contributed by atoms with Crippen molar-refractivity contribution < 1.29 is 15.0 Å². The Bertz CT molecular complexity index is 604. The second-order valence-corrected chi connectivity index (χ2v) is 4.19. The fraction of sp³-hybridized carbons (Fsp3) is 0.400. The number of nitrogens with zero attached hydrogens (tertiary/aromatic N) is 4. The van der Waals surface area contributed by atoms with Gasteiger partial charge in [0.05, 0.1) is 12.4 Å². The summed E-state index contributed by atoms with van der Waals surface area (Å²) < 4.78 is 0. The molecule has 1 aliphatic heterocycles. The van der Waals surface area contributed by atoms with Crippen LogP contribution in [0, 0.1) is 0 Å². The van der Waals surface area contributed by atoms with Gasteiger partial charge in [0.2, 0.25) is 0 Å². The molecule has 0 saturated carbocycles. The zero-order chi connectivity index (χ0) is 12.7. The normalized spacial score (nSPS) is 22.5. The van der Waals surface area contributed by atoms with E-state index in [1.165, 1.54) is 12.7 Å². The summed E-state index contributed by atoms with van der Waals surface area (Å²) >= 11 is 0. The van der Waals surface area contributed by atoms with Gasteiger partial charge in [-0.15, -0.1) is 12.4 Å². The van der Waals surface area contributed by atoms with Crippen molar-refractivity contribution in [3.8, 4) is 0 Å². The van der Waals surface area contributed by atoms with Crippen molar-refractivity contribution in [2.75, 3.05) is 11.4 Å². The average molecular weight is 286 g/mol. The van der Waals surface area contributed by atoms with Crippen LogP contribution in [-0.2, 0) is 4.79 Å². The SMILES string of the molecule is Cl.O=C(O)C1CC(O)CN1c1ncnc2nc[nH]c12. The van der Waals surface area contributed by atoms with Gasteiger partial charge in [0.15, 0.2) is 11.5 Å². The number of hydrogen-bond donors (Lipinski definition) is 3. The smallest absolute Gasteiger partial charge is 0.326 e. The third-order valence-electron chi connectivity index (χ3n) is 3.04. The Morgan fingerprint density at radius 1 is 1.42 bits per heavy atom. The maximum Gasteiger partial charge on any atom is 0.326 e. The predicted octanol–water partition coefficient (Wildman–Crippen LogP) is -0.201. The number of aliphatic carboxylic acids is 1. The first kappa shape index (κ1) is 13.5. The first-order chi connectivity index (χ1) is 8.66. The van der Waals surface area contributed by atoms with E-state index >= 15 is 0 Å². The standard InChI is InChI=1S/C10H11N5O3.ClH/c16-5-1-6(10(17)18)15(2-5)9-7-8(12-3-11-7)13-4-14-9;/h3-6,16H,1-2H2,(H,17,18)(H,11,12,13,14);1H. The molecular weight excluding hydrogens is 274 g/mol. The Labute approximate surface area is 113 Å². The minimum atomic E-state index is -0.974. The number of carboxylic acids is 1. The van der Waals surface area contributed by atoms with E-state index in [1.54, 1.807) is 4.90 Å². The summed E-state index contributed by atoms with van der Waals surface area (Å²) in [5.41, 5.74) is 1.06. The van der Waals surface area contributed by atoms with Gasteiger partial charge in [-0.05, 0) is 0 Å². The summed E-state index contributed by atoms with van der Waals surface area (Å²) in [6.45, 7) is 0.238. The van der Waals surface area contributed by atoms with Crippen molar-refractivity contribution >= 4 is 35.4 Å². The molecule has 102 valence electrons. The maximum absolute atomic E-state index is 11.2. The van der Waals surface area contributed by atoms with Gasteiger partial charge in [-0.3, -0.25) is 0 Å². The van der Waals surface area contributed by atoms with Crippen LogP contribution < -0.4 is 4.90 Å². The molecule has 19 heavy (non-hydrogen) atoms. The minimum absolute atomic E-state index is 0. The van der Waals surface area contributed by atoms with Gasteiger partial charge in [0, 0.05) is 13.0 Å². The lowest BCUT2D eigenvalue weighted by atomic mass is 10.2. The van der Waals surface area contributed by atoms with Crippen LogP contribution in [0.3, 0.4) is 0 Å². The van der Waals surface area contributed by atoms with Crippen LogP contribution in [0.2, 0.25) is 0 Å². The van der Waals surface area contributed by atoms with Crippen LogP contribution >= 0.6 is 12.4 Å². The Balaban J connectivity index is 0.00000133. The number of aliphatic hydroxyl groups is 1. The number of anilines is 1. The molecule has 1 fully saturated rings. The van der Waals surface area contributed by atoms with Crippen molar-refractivity contribution in [3.05, 3.63) is 12.7 Å². The van der Waals surface area contributed by atoms with E-state index in [-0.39, 0.29) is 25.4 Å². The Hall–Kier alpha value is -1.93. The maximum atomic E-state index is 11.2. The largest absolute Gasteiger partial charge is 0.480 e. The molecule has 0 bridgehead atoms. The van der Waals surface area contributed by atoms with E-state index in [4.69, 9.17) is 5.11 Å². The molecule has 8 nitrogen and oxygen atoms in total. The highest BCUT2D eigenvalue weighted by Crippen LogP contribution is 2.28. The third kappa shape index (κ3) is 2.20. The number of aromatic nitrogens is 4. The van der Waals surface area contributed by atoms with Gasteiger partial charge in [-0.1, -0.05) is 0 Å². The van der Waals surface area contributed by atoms with E-state index in [0.29, 0.717) is 17.0 Å². The number of halogens is 1. The third-order valence-corrected chi connectivity index (χ3v) is 3.04. The number of H-pyrrole nitrogens is 1. The number of carboxylic acid groups (broad SMARTS) is 1. The molecule has 3 rings (SSSR count). The summed E-state index contributed by atoms with van der Waals surface area (Å²) in [6.07, 6.45) is 2.33. The minimum Gasteiger partial charge on any atom is -0.480 e. The zero-order valence-electron chi connectivity index (χ0n) is 9.72. The average Bonchev–Trinajstić information content (AvgIpc) is 2.94. The molecule has 1 aliphatic rings. The van der Waals surface area contributed by atoms with Gasteiger partial charge in [-0.25, -0.2) is 19.7 Å². The number of hydrogen-bond acceptors (Lipinski definition) is 6. The number of imidazole rings is 1. The molecule has 2 unspecified atom stereocenters. The van der Waals surface area contributed by atoms with Gasteiger partial charge in [0.25, 0.3) is 0 Å². The summed E-state index contributed by atoms with van der Waals surface area (Å²) in [4.78, 5) is 27.7. The van der Waals surface area contributed by atoms with Gasteiger partial charge >= 0.3 is 5.97 Å². The van der Waals surface area contributed by atoms with Crippen LogP contribution in [0.4, 0.5) is 5.82 Å². The monoisotopic (exact) mass is 285 g/mol. The van der Waals surface area contributed by atoms with Crippen LogP contribution in [0.1, 0.15) is 6.42 Å². The number of aliphatic hydroxyl groups excluding tert-OH is 1. The van der Waals surface area contributed by atoms with E-state index in [1.807, 2.05) is 0 Å². The second-order valence-electron chi connectivity index (χ2n) is 4.19. The molecule has 2 atom stereocenters. The summed E-state index contributed by atoms with van der Waals surface area (Å²) in [7, 11) is 0. The summed E-state index contributed by atoms with van der Waals surface area (Å²) in [6, 6.07) is -0.776. The molecule has 0 spiro atoms. The lowest BCUT2D eigenvalue weighted by Gasteiger charge is -2.22.